The number of hydrogen-bond acceptors (Lipinski definition) is 3. The lowest BCUT2D eigenvalue weighted by Crippen LogP contribution is -2.27. The van der Waals surface area contributed by atoms with Crippen LogP contribution in [0.3, 0.4) is 0 Å². The molecule has 20 heavy (non-hydrogen) atoms. The second-order valence-corrected chi connectivity index (χ2v) is 5.11. The quantitative estimate of drug-likeness (QED) is 0.858. The Bertz CT molecular complexity index is 724. The van der Waals surface area contributed by atoms with Gasteiger partial charge >= 0.3 is 5.97 Å². The molecule has 0 fully saturated rings. The minimum atomic E-state index is -0.913. The van der Waals surface area contributed by atoms with Crippen LogP contribution in [-0.4, -0.2) is 17.6 Å². The van der Waals surface area contributed by atoms with Gasteiger partial charge in [-0.05, 0) is 42.7 Å². The number of aromatic carboxylic acids is 1. The van der Waals surface area contributed by atoms with Gasteiger partial charge in [-0.2, -0.15) is 0 Å². The number of aryl methyl sites for hydroxylation is 1. The molecule has 0 spiro atoms. The number of hydrogen-bond donors (Lipinski definition) is 1. The van der Waals surface area contributed by atoms with Crippen molar-refractivity contribution < 1.29 is 14.6 Å². The van der Waals surface area contributed by atoms with Crippen LogP contribution in [0.25, 0.3) is 0 Å². The molecule has 100 valence electrons. The minimum Gasteiger partial charge on any atom is -0.478 e. The maximum Gasteiger partial charge on any atom is 0.335 e. The first kappa shape index (κ1) is 11.3. The highest BCUT2D eigenvalue weighted by molar-refractivity contribution is 5.91. The van der Waals surface area contributed by atoms with Crippen LogP contribution in [0.15, 0.2) is 36.4 Å². The van der Waals surface area contributed by atoms with Crippen LogP contribution in [0.4, 0.5) is 11.4 Å². The number of para-hydroxylation sites is 1. The van der Waals surface area contributed by atoms with Crippen molar-refractivity contribution in [1.82, 2.24) is 0 Å². The van der Waals surface area contributed by atoms with E-state index in [0.29, 0.717) is 5.56 Å². The molecule has 4 nitrogen and oxygen atoms in total. The first-order chi connectivity index (χ1) is 9.74. The van der Waals surface area contributed by atoms with Gasteiger partial charge in [0.15, 0.2) is 11.5 Å². The summed E-state index contributed by atoms with van der Waals surface area (Å²) in [4.78, 5) is 13.3. The Hall–Kier alpha value is -2.49. The maximum absolute atomic E-state index is 11.1. The van der Waals surface area contributed by atoms with Gasteiger partial charge in [0.25, 0.3) is 0 Å². The van der Waals surface area contributed by atoms with Gasteiger partial charge in [0.05, 0.1) is 16.9 Å². The molecule has 4 heteroatoms. The van der Waals surface area contributed by atoms with Crippen molar-refractivity contribution in [3.63, 3.8) is 0 Å². The lowest BCUT2D eigenvalue weighted by molar-refractivity contribution is 0.0697. The van der Waals surface area contributed by atoms with Crippen molar-refractivity contribution in [2.24, 2.45) is 0 Å². The molecule has 2 aliphatic heterocycles. The average molecular weight is 267 g/mol. The van der Waals surface area contributed by atoms with Crippen molar-refractivity contribution in [1.29, 1.82) is 0 Å². The van der Waals surface area contributed by atoms with Gasteiger partial charge in [0.2, 0.25) is 0 Å². The normalized spacial score (nSPS) is 15.1. The topological polar surface area (TPSA) is 49.8 Å². The predicted molar refractivity (Wildman–Crippen MR) is 75.2 cm³/mol. The number of nitrogens with zero attached hydrogens (tertiary/aromatic N) is 1. The summed E-state index contributed by atoms with van der Waals surface area (Å²) in [5.74, 6) is 0.670. The summed E-state index contributed by atoms with van der Waals surface area (Å²) in [6.45, 7) is 0.892. The molecule has 0 atom stereocenters. The van der Waals surface area contributed by atoms with Crippen molar-refractivity contribution in [2.45, 2.75) is 12.8 Å². The van der Waals surface area contributed by atoms with Crippen molar-refractivity contribution >= 4 is 17.3 Å². The molecule has 0 unspecified atom stereocenters. The number of fused-ring (bicyclic) bond motifs is 2. The number of benzene rings is 2. The molecular formula is C16H13NO3. The Morgan fingerprint density at radius 1 is 1.20 bits per heavy atom. The SMILES string of the molecule is O=C(O)c1ccc2c(c1)N1CCCc3cccc(c31)O2. The Morgan fingerprint density at radius 3 is 2.95 bits per heavy atom. The zero-order valence-corrected chi connectivity index (χ0v) is 10.8. The van der Waals surface area contributed by atoms with E-state index in [0.717, 1.165) is 42.3 Å². The second-order valence-electron chi connectivity index (χ2n) is 5.11. The number of carboxylic acids is 1. The minimum absolute atomic E-state index is 0.291. The number of anilines is 2. The molecule has 2 aliphatic rings. The molecule has 0 saturated heterocycles. The van der Waals surface area contributed by atoms with Crippen LogP contribution in [0, 0.1) is 0 Å². The molecule has 0 radical (unpaired) electrons. The molecule has 4 rings (SSSR count). The second kappa shape index (κ2) is 4.00. The number of carbonyl (C=O) groups is 1. The van der Waals surface area contributed by atoms with Gasteiger partial charge in [-0.1, -0.05) is 12.1 Å². The molecule has 2 aromatic rings. The number of carboxylic acid groups (broad SMARTS) is 1. The first-order valence-electron chi connectivity index (χ1n) is 6.69. The van der Waals surface area contributed by atoms with Crippen LogP contribution >= 0.6 is 0 Å². The van der Waals surface area contributed by atoms with Gasteiger partial charge in [-0.25, -0.2) is 4.79 Å². The lowest BCUT2D eigenvalue weighted by Gasteiger charge is -2.37. The van der Waals surface area contributed by atoms with Crippen LogP contribution in [0.1, 0.15) is 22.3 Å². The molecular weight excluding hydrogens is 254 g/mol. The molecule has 0 bridgehead atoms. The molecule has 0 aromatic heterocycles. The third-order valence-corrected chi connectivity index (χ3v) is 3.90. The fourth-order valence-corrected chi connectivity index (χ4v) is 3.00. The van der Waals surface area contributed by atoms with Gasteiger partial charge in [0.1, 0.15) is 0 Å². The predicted octanol–water partition coefficient (Wildman–Crippen LogP) is 3.57. The lowest BCUT2D eigenvalue weighted by atomic mass is 9.98. The summed E-state index contributed by atoms with van der Waals surface area (Å²) >= 11 is 0. The van der Waals surface area contributed by atoms with Crippen LogP contribution in [0.5, 0.6) is 11.5 Å². The maximum atomic E-state index is 11.1. The van der Waals surface area contributed by atoms with Gasteiger partial charge in [-0.15, -0.1) is 0 Å². The van der Waals surface area contributed by atoms with Gasteiger partial charge in [-0.3, -0.25) is 0 Å². The van der Waals surface area contributed by atoms with Gasteiger partial charge < -0.3 is 14.7 Å². The Morgan fingerprint density at radius 2 is 2.10 bits per heavy atom. The summed E-state index contributed by atoms with van der Waals surface area (Å²) in [5, 5.41) is 9.15. The van der Waals surface area contributed by atoms with E-state index < -0.39 is 5.97 Å². The fourth-order valence-electron chi connectivity index (χ4n) is 3.00. The highest BCUT2D eigenvalue weighted by Gasteiger charge is 2.29. The van der Waals surface area contributed by atoms with Crippen molar-refractivity contribution in [3.8, 4) is 11.5 Å². The largest absolute Gasteiger partial charge is 0.478 e. The molecule has 0 saturated carbocycles. The van der Waals surface area contributed by atoms with Crippen molar-refractivity contribution in [2.75, 3.05) is 11.4 Å². The number of ether oxygens (including phenoxy) is 1. The molecule has 2 aromatic carbocycles. The van der Waals surface area contributed by atoms with Crippen molar-refractivity contribution in [3.05, 3.63) is 47.5 Å². The fraction of sp³-hybridized carbons (Fsp3) is 0.188. The third kappa shape index (κ3) is 1.51. The smallest absolute Gasteiger partial charge is 0.335 e. The Labute approximate surface area is 116 Å². The first-order valence-corrected chi connectivity index (χ1v) is 6.69. The molecule has 1 N–H and O–H groups in total. The van der Waals surface area contributed by atoms with Gasteiger partial charge in [0, 0.05) is 6.54 Å². The van der Waals surface area contributed by atoms with Crippen LogP contribution in [-0.2, 0) is 6.42 Å². The molecule has 2 heterocycles. The van der Waals surface area contributed by atoms with Crippen LogP contribution < -0.4 is 9.64 Å². The van der Waals surface area contributed by atoms with E-state index in [4.69, 9.17) is 9.84 Å². The van der Waals surface area contributed by atoms with E-state index >= 15 is 0 Å². The Balaban J connectivity index is 1.92. The summed E-state index contributed by atoms with van der Waals surface area (Å²) in [6.07, 6.45) is 2.10. The van der Waals surface area contributed by atoms with E-state index in [-0.39, 0.29) is 0 Å². The van der Waals surface area contributed by atoms with E-state index in [1.807, 2.05) is 12.1 Å². The average Bonchev–Trinajstić information content (AvgIpc) is 2.47. The monoisotopic (exact) mass is 267 g/mol. The zero-order valence-electron chi connectivity index (χ0n) is 10.8. The van der Waals surface area contributed by atoms with E-state index in [9.17, 15) is 4.79 Å². The molecule has 0 amide bonds. The van der Waals surface area contributed by atoms with E-state index in [1.165, 1.54) is 5.56 Å². The third-order valence-electron chi connectivity index (χ3n) is 3.90. The summed E-state index contributed by atoms with van der Waals surface area (Å²) < 4.78 is 5.92. The van der Waals surface area contributed by atoms with Crippen LogP contribution in [0.2, 0.25) is 0 Å². The van der Waals surface area contributed by atoms with E-state index in [2.05, 4.69) is 11.0 Å². The highest BCUT2D eigenvalue weighted by atomic mass is 16.5. The number of rotatable bonds is 1. The zero-order chi connectivity index (χ0) is 13.7. The standard InChI is InChI=1S/C16H13NO3/c18-16(19)11-6-7-13-12(9-11)17-8-2-4-10-3-1-5-14(20-13)15(10)17/h1,3,5-7,9H,2,4,8H2,(H,18,19). The summed E-state index contributed by atoms with van der Waals surface area (Å²) in [7, 11) is 0. The highest BCUT2D eigenvalue weighted by Crippen LogP contribution is 2.50. The summed E-state index contributed by atoms with van der Waals surface area (Å²) in [6, 6.07) is 11.1. The molecule has 0 aliphatic carbocycles. The van der Waals surface area contributed by atoms with E-state index in [1.54, 1.807) is 18.2 Å². The summed E-state index contributed by atoms with van der Waals surface area (Å²) in [5.41, 5.74) is 3.50. The Kier molecular flexibility index (Phi) is 2.27.